The molecular weight excluding hydrogens is 200 g/mol. The van der Waals surface area contributed by atoms with Crippen LogP contribution in [0.5, 0.6) is 0 Å². The molecule has 0 amide bonds. The summed E-state index contributed by atoms with van der Waals surface area (Å²) < 4.78 is 5.42. The van der Waals surface area contributed by atoms with Gasteiger partial charge in [0.15, 0.2) is 0 Å². The van der Waals surface area contributed by atoms with Crippen LogP contribution in [0.2, 0.25) is 0 Å². The van der Waals surface area contributed by atoms with E-state index in [1.807, 2.05) is 19.9 Å². The number of aliphatic hydroxyl groups excluding tert-OH is 1. The Labute approximate surface area is 98.7 Å². The minimum absolute atomic E-state index is 0.348. The fraction of sp³-hybridized carbons (Fsp3) is 0.714. The lowest BCUT2D eigenvalue weighted by molar-refractivity contribution is 0.161. The van der Waals surface area contributed by atoms with Crippen LogP contribution in [-0.2, 0) is 0 Å². The number of furan rings is 1. The van der Waals surface area contributed by atoms with Gasteiger partial charge in [0.25, 0.3) is 0 Å². The summed E-state index contributed by atoms with van der Waals surface area (Å²) in [7, 11) is 0. The van der Waals surface area contributed by atoms with Gasteiger partial charge in [-0.05, 0) is 26.3 Å². The maximum atomic E-state index is 10.0. The third kappa shape index (κ3) is 4.01. The third-order valence-corrected chi connectivity index (χ3v) is 3.02. The summed E-state index contributed by atoms with van der Waals surface area (Å²) >= 11 is 0. The summed E-state index contributed by atoms with van der Waals surface area (Å²) in [5.74, 6) is 1.75. The minimum Gasteiger partial charge on any atom is -0.466 e. The monoisotopic (exact) mass is 224 g/mol. The predicted octanol–water partition coefficient (Wildman–Crippen LogP) is 4.29. The molecule has 92 valence electrons. The van der Waals surface area contributed by atoms with Crippen LogP contribution in [0.15, 0.2) is 10.5 Å². The topological polar surface area (TPSA) is 33.4 Å². The van der Waals surface area contributed by atoms with Crippen molar-refractivity contribution in [3.8, 4) is 0 Å². The Morgan fingerprint density at radius 3 is 2.44 bits per heavy atom. The molecule has 0 saturated heterocycles. The van der Waals surface area contributed by atoms with Gasteiger partial charge in [-0.15, -0.1) is 0 Å². The molecule has 0 aliphatic rings. The van der Waals surface area contributed by atoms with Crippen LogP contribution in [0.1, 0.15) is 68.6 Å². The van der Waals surface area contributed by atoms with E-state index in [1.54, 1.807) is 0 Å². The summed E-state index contributed by atoms with van der Waals surface area (Å²) in [6.45, 7) is 6.06. The van der Waals surface area contributed by atoms with E-state index >= 15 is 0 Å². The number of unbranched alkanes of at least 4 members (excludes halogenated alkanes) is 4. The van der Waals surface area contributed by atoms with Crippen molar-refractivity contribution in [1.29, 1.82) is 0 Å². The fourth-order valence-corrected chi connectivity index (χ4v) is 2.08. The molecule has 1 atom stereocenters. The van der Waals surface area contributed by atoms with Gasteiger partial charge < -0.3 is 9.52 Å². The summed E-state index contributed by atoms with van der Waals surface area (Å²) in [4.78, 5) is 0. The average Bonchev–Trinajstić information content (AvgIpc) is 2.57. The Morgan fingerprint density at radius 1 is 1.19 bits per heavy atom. The van der Waals surface area contributed by atoms with Gasteiger partial charge in [0, 0.05) is 5.56 Å². The maximum Gasteiger partial charge on any atom is 0.106 e. The first-order valence-electron chi connectivity index (χ1n) is 6.40. The number of hydrogen-bond donors (Lipinski definition) is 1. The van der Waals surface area contributed by atoms with Crippen LogP contribution in [0.25, 0.3) is 0 Å². The van der Waals surface area contributed by atoms with Crippen LogP contribution in [0, 0.1) is 13.8 Å². The highest BCUT2D eigenvalue weighted by molar-refractivity contribution is 5.22. The van der Waals surface area contributed by atoms with Crippen molar-refractivity contribution in [3.63, 3.8) is 0 Å². The lowest BCUT2D eigenvalue weighted by atomic mass is 10.0. The zero-order valence-corrected chi connectivity index (χ0v) is 10.8. The van der Waals surface area contributed by atoms with Crippen LogP contribution in [0.3, 0.4) is 0 Å². The van der Waals surface area contributed by atoms with Gasteiger partial charge in [-0.1, -0.05) is 39.0 Å². The second-order valence-corrected chi connectivity index (χ2v) is 4.59. The highest BCUT2D eigenvalue weighted by atomic mass is 16.3. The fourth-order valence-electron chi connectivity index (χ4n) is 2.08. The number of aryl methyl sites for hydroxylation is 2. The Bertz CT molecular complexity index is 302. The minimum atomic E-state index is -0.348. The van der Waals surface area contributed by atoms with Crippen molar-refractivity contribution >= 4 is 0 Å². The SMILES string of the molecule is CCCCCCCC(O)c1cc(C)oc1C. The zero-order chi connectivity index (χ0) is 12.0. The molecule has 1 unspecified atom stereocenters. The van der Waals surface area contributed by atoms with Crippen LogP contribution in [-0.4, -0.2) is 5.11 Å². The van der Waals surface area contributed by atoms with Crippen LogP contribution < -0.4 is 0 Å². The molecule has 0 aromatic carbocycles. The molecule has 1 N–H and O–H groups in total. The molecule has 1 heterocycles. The van der Waals surface area contributed by atoms with E-state index in [1.165, 1.54) is 25.7 Å². The molecule has 1 rings (SSSR count). The largest absolute Gasteiger partial charge is 0.466 e. The molecule has 0 fully saturated rings. The highest BCUT2D eigenvalue weighted by Gasteiger charge is 2.13. The third-order valence-electron chi connectivity index (χ3n) is 3.02. The molecule has 0 spiro atoms. The maximum absolute atomic E-state index is 10.0. The first kappa shape index (κ1) is 13.3. The van der Waals surface area contributed by atoms with Crippen molar-refractivity contribution < 1.29 is 9.52 Å². The van der Waals surface area contributed by atoms with E-state index in [0.29, 0.717) is 0 Å². The van der Waals surface area contributed by atoms with Crippen molar-refractivity contribution in [3.05, 3.63) is 23.2 Å². The Kier molecular flexibility index (Phi) is 5.61. The number of rotatable bonds is 7. The molecule has 0 bridgehead atoms. The van der Waals surface area contributed by atoms with Crippen LogP contribution >= 0.6 is 0 Å². The molecule has 2 nitrogen and oxygen atoms in total. The first-order chi connectivity index (χ1) is 7.65. The van der Waals surface area contributed by atoms with Gasteiger partial charge in [0.05, 0.1) is 6.10 Å². The van der Waals surface area contributed by atoms with E-state index < -0.39 is 0 Å². The Morgan fingerprint density at radius 2 is 1.88 bits per heavy atom. The second-order valence-electron chi connectivity index (χ2n) is 4.59. The first-order valence-corrected chi connectivity index (χ1v) is 6.40. The van der Waals surface area contributed by atoms with E-state index in [9.17, 15) is 5.11 Å². The molecule has 1 aromatic rings. The summed E-state index contributed by atoms with van der Waals surface area (Å²) in [6.07, 6.45) is 6.68. The van der Waals surface area contributed by atoms with Gasteiger partial charge in [0.1, 0.15) is 11.5 Å². The molecule has 2 heteroatoms. The predicted molar refractivity (Wildman–Crippen MR) is 66.5 cm³/mol. The van der Waals surface area contributed by atoms with Gasteiger partial charge in [-0.3, -0.25) is 0 Å². The molecule has 16 heavy (non-hydrogen) atoms. The van der Waals surface area contributed by atoms with E-state index in [2.05, 4.69) is 6.92 Å². The lowest BCUT2D eigenvalue weighted by Gasteiger charge is -2.09. The molecular formula is C14H24O2. The smallest absolute Gasteiger partial charge is 0.106 e. The zero-order valence-electron chi connectivity index (χ0n) is 10.8. The normalized spacial score (nSPS) is 13.0. The van der Waals surface area contributed by atoms with Gasteiger partial charge in [-0.25, -0.2) is 0 Å². The average molecular weight is 224 g/mol. The van der Waals surface area contributed by atoms with E-state index in [4.69, 9.17) is 4.42 Å². The summed E-state index contributed by atoms with van der Waals surface area (Å²) in [6, 6.07) is 1.95. The summed E-state index contributed by atoms with van der Waals surface area (Å²) in [5, 5.41) is 10.0. The van der Waals surface area contributed by atoms with E-state index in [0.717, 1.165) is 29.9 Å². The Hall–Kier alpha value is -0.760. The van der Waals surface area contributed by atoms with Crippen LogP contribution in [0.4, 0.5) is 0 Å². The second kappa shape index (κ2) is 6.74. The molecule has 0 aliphatic carbocycles. The molecule has 0 aliphatic heterocycles. The van der Waals surface area contributed by atoms with Gasteiger partial charge >= 0.3 is 0 Å². The molecule has 0 saturated carbocycles. The molecule has 1 aromatic heterocycles. The standard InChI is InChI=1S/C14H24O2/c1-4-5-6-7-8-9-14(15)13-10-11(2)16-12(13)3/h10,14-15H,4-9H2,1-3H3. The number of hydrogen-bond acceptors (Lipinski definition) is 2. The number of aliphatic hydroxyl groups is 1. The lowest BCUT2D eigenvalue weighted by Crippen LogP contribution is -1.97. The molecule has 0 radical (unpaired) electrons. The van der Waals surface area contributed by atoms with Crippen molar-refractivity contribution in [2.45, 2.75) is 65.4 Å². The Balaban J connectivity index is 2.29. The summed E-state index contributed by atoms with van der Waals surface area (Å²) in [5.41, 5.74) is 0.966. The van der Waals surface area contributed by atoms with Crippen molar-refractivity contribution in [2.24, 2.45) is 0 Å². The van der Waals surface area contributed by atoms with Crippen molar-refractivity contribution in [2.75, 3.05) is 0 Å². The van der Waals surface area contributed by atoms with E-state index in [-0.39, 0.29) is 6.10 Å². The van der Waals surface area contributed by atoms with Crippen molar-refractivity contribution in [1.82, 2.24) is 0 Å². The van der Waals surface area contributed by atoms with Gasteiger partial charge in [-0.2, -0.15) is 0 Å². The quantitative estimate of drug-likeness (QED) is 0.701. The highest BCUT2D eigenvalue weighted by Crippen LogP contribution is 2.25. The van der Waals surface area contributed by atoms with Gasteiger partial charge in [0.2, 0.25) is 0 Å².